The number of nitro benzene ring substituents is 1. The number of amides is 1. The van der Waals surface area contributed by atoms with E-state index in [1.807, 2.05) is 23.1 Å². The van der Waals surface area contributed by atoms with Gasteiger partial charge in [-0.2, -0.15) is 0 Å². The van der Waals surface area contributed by atoms with Crippen LogP contribution in [0.5, 0.6) is 0 Å². The Balaban J connectivity index is 1.67. The van der Waals surface area contributed by atoms with Crippen molar-refractivity contribution in [2.75, 3.05) is 23.3 Å². The molecule has 1 fully saturated rings. The van der Waals surface area contributed by atoms with E-state index in [0.29, 0.717) is 17.1 Å². The van der Waals surface area contributed by atoms with E-state index in [2.05, 4.69) is 5.32 Å². The first-order valence-electron chi connectivity index (χ1n) is 10.1. The molecule has 2 aromatic carbocycles. The first-order valence-corrected chi connectivity index (χ1v) is 10.1. The molecule has 2 heterocycles. The zero-order valence-corrected chi connectivity index (χ0v) is 17.4. The molecule has 160 valence electrons. The van der Waals surface area contributed by atoms with Gasteiger partial charge >= 0.3 is 0 Å². The van der Waals surface area contributed by atoms with E-state index in [-0.39, 0.29) is 22.5 Å². The van der Waals surface area contributed by atoms with Gasteiger partial charge in [-0.3, -0.25) is 24.4 Å². The number of anilines is 2. The normalized spacial score (nSPS) is 13.4. The van der Waals surface area contributed by atoms with Crippen molar-refractivity contribution in [2.45, 2.75) is 19.8 Å². The van der Waals surface area contributed by atoms with Crippen LogP contribution in [0.1, 0.15) is 28.9 Å². The molecular weight excluding hydrogens is 398 g/mol. The minimum Gasteiger partial charge on any atom is -0.366 e. The van der Waals surface area contributed by atoms with Gasteiger partial charge in [0.1, 0.15) is 11.4 Å². The van der Waals surface area contributed by atoms with Crippen LogP contribution in [0, 0.1) is 17.0 Å². The molecule has 1 N–H and O–H groups in total. The third kappa shape index (κ3) is 3.70. The fourth-order valence-electron chi connectivity index (χ4n) is 3.93. The zero-order valence-electron chi connectivity index (χ0n) is 17.4. The van der Waals surface area contributed by atoms with Gasteiger partial charge in [-0.25, -0.2) is 4.68 Å². The van der Waals surface area contributed by atoms with Crippen molar-refractivity contribution in [2.24, 2.45) is 7.05 Å². The number of nitro groups is 1. The fraction of sp³-hybridized carbons (Fsp3) is 0.273. The second-order valence-electron chi connectivity index (χ2n) is 7.55. The molecule has 0 aliphatic carbocycles. The summed E-state index contributed by atoms with van der Waals surface area (Å²) in [6, 6.07) is 13.5. The second-order valence-corrected chi connectivity index (χ2v) is 7.55. The molecule has 4 rings (SSSR count). The summed E-state index contributed by atoms with van der Waals surface area (Å²) < 4.78 is 3.12. The highest BCUT2D eigenvalue weighted by Crippen LogP contribution is 2.32. The highest BCUT2D eigenvalue weighted by molar-refractivity contribution is 6.05. The van der Waals surface area contributed by atoms with Gasteiger partial charge in [0.2, 0.25) is 0 Å². The topological polar surface area (TPSA) is 102 Å². The first-order chi connectivity index (χ1) is 14.9. The van der Waals surface area contributed by atoms with Crippen LogP contribution in [0.3, 0.4) is 0 Å². The quantitative estimate of drug-likeness (QED) is 0.503. The van der Waals surface area contributed by atoms with Gasteiger partial charge < -0.3 is 10.2 Å². The largest absolute Gasteiger partial charge is 0.366 e. The molecule has 0 bridgehead atoms. The Labute approximate surface area is 178 Å². The van der Waals surface area contributed by atoms with Crippen molar-refractivity contribution in [3.8, 4) is 5.69 Å². The number of para-hydroxylation sites is 1. The highest BCUT2D eigenvalue weighted by atomic mass is 16.6. The van der Waals surface area contributed by atoms with E-state index in [1.165, 1.54) is 10.7 Å². The lowest BCUT2D eigenvalue weighted by atomic mass is 10.1. The zero-order chi connectivity index (χ0) is 22.1. The van der Waals surface area contributed by atoms with Gasteiger partial charge in [0.05, 0.1) is 16.3 Å². The summed E-state index contributed by atoms with van der Waals surface area (Å²) in [6.07, 6.45) is 1.97. The van der Waals surface area contributed by atoms with Crippen molar-refractivity contribution in [1.82, 2.24) is 9.36 Å². The molecular formula is C22H23N5O4. The number of aromatic nitrogens is 2. The maximum Gasteiger partial charge on any atom is 0.295 e. The molecule has 0 atom stereocenters. The van der Waals surface area contributed by atoms with E-state index in [4.69, 9.17) is 0 Å². The molecule has 1 aliphatic rings. The third-order valence-corrected chi connectivity index (χ3v) is 5.67. The average molecular weight is 421 g/mol. The minimum absolute atomic E-state index is 0.110. The lowest BCUT2D eigenvalue weighted by molar-refractivity contribution is -0.384. The summed E-state index contributed by atoms with van der Waals surface area (Å²) in [7, 11) is 1.73. The lowest BCUT2D eigenvalue weighted by Crippen LogP contribution is -2.23. The van der Waals surface area contributed by atoms with Crippen LogP contribution in [-0.2, 0) is 7.05 Å². The van der Waals surface area contributed by atoms with Gasteiger partial charge in [0.25, 0.3) is 17.2 Å². The van der Waals surface area contributed by atoms with Crippen LogP contribution in [-0.4, -0.2) is 33.3 Å². The summed E-state index contributed by atoms with van der Waals surface area (Å²) in [5.41, 5.74) is 1.55. The molecule has 31 heavy (non-hydrogen) atoms. The van der Waals surface area contributed by atoms with Crippen LogP contribution < -0.4 is 15.8 Å². The van der Waals surface area contributed by atoms with Gasteiger partial charge in [0.15, 0.2) is 0 Å². The van der Waals surface area contributed by atoms with E-state index in [9.17, 15) is 19.7 Å². The molecule has 1 amide bonds. The first kappa shape index (κ1) is 20.4. The average Bonchev–Trinajstić information content (AvgIpc) is 3.37. The Morgan fingerprint density at radius 1 is 1.10 bits per heavy atom. The molecule has 0 spiro atoms. The van der Waals surface area contributed by atoms with E-state index < -0.39 is 10.8 Å². The molecule has 0 radical (unpaired) electrons. The number of carbonyl (C=O) groups excluding carboxylic acids is 1. The van der Waals surface area contributed by atoms with E-state index in [0.717, 1.165) is 25.9 Å². The fourth-order valence-corrected chi connectivity index (χ4v) is 3.93. The second kappa shape index (κ2) is 8.10. The summed E-state index contributed by atoms with van der Waals surface area (Å²) >= 11 is 0. The number of rotatable bonds is 5. The van der Waals surface area contributed by atoms with Crippen molar-refractivity contribution in [3.63, 3.8) is 0 Å². The van der Waals surface area contributed by atoms with Crippen molar-refractivity contribution in [3.05, 3.63) is 80.3 Å². The minimum atomic E-state index is -0.568. The number of hydrogen-bond donors (Lipinski definition) is 1. The van der Waals surface area contributed by atoms with Crippen LogP contribution in [0.25, 0.3) is 5.69 Å². The number of carbonyl (C=O) groups is 1. The SMILES string of the molecule is Cc1c(NC(=O)c2ccc(N3CCCC3)c([N+](=O)[O-])c2)c(=O)n(-c2ccccc2)n1C. The molecule has 0 saturated carbocycles. The van der Waals surface area contributed by atoms with Crippen LogP contribution in [0.2, 0.25) is 0 Å². The number of nitrogens with one attached hydrogen (secondary N) is 1. The standard InChI is InChI=1S/C22H23N5O4/c1-15-20(22(29)26(24(15)2)17-8-4-3-5-9-17)23-21(28)16-10-11-18(19(14-16)27(30)31)25-12-6-7-13-25/h3-5,8-11,14H,6-7,12-13H2,1-2H3,(H,23,28). The van der Waals surface area contributed by atoms with Gasteiger partial charge in [0, 0.05) is 31.8 Å². The summed E-state index contributed by atoms with van der Waals surface area (Å²) in [5, 5.41) is 14.3. The van der Waals surface area contributed by atoms with Crippen LogP contribution in [0.15, 0.2) is 53.3 Å². The Kier molecular flexibility index (Phi) is 5.33. The molecule has 9 nitrogen and oxygen atoms in total. The molecule has 1 aliphatic heterocycles. The Bertz CT molecular complexity index is 1210. The maximum absolute atomic E-state index is 13.0. The summed E-state index contributed by atoms with van der Waals surface area (Å²) in [5.74, 6) is -0.568. The van der Waals surface area contributed by atoms with Crippen LogP contribution in [0.4, 0.5) is 17.1 Å². The Morgan fingerprint density at radius 3 is 2.42 bits per heavy atom. The Morgan fingerprint density at radius 2 is 1.77 bits per heavy atom. The van der Waals surface area contributed by atoms with Gasteiger partial charge in [-0.05, 0) is 44.0 Å². The van der Waals surface area contributed by atoms with Gasteiger partial charge in [-0.15, -0.1) is 0 Å². The summed E-state index contributed by atoms with van der Waals surface area (Å²) in [4.78, 5) is 39.0. The monoisotopic (exact) mass is 421 g/mol. The molecule has 0 unspecified atom stereocenters. The lowest BCUT2D eigenvalue weighted by Gasteiger charge is -2.17. The number of hydrogen-bond acceptors (Lipinski definition) is 5. The predicted molar refractivity (Wildman–Crippen MR) is 118 cm³/mol. The maximum atomic E-state index is 13.0. The number of nitrogens with zero attached hydrogens (tertiary/aromatic N) is 4. The van der Waals surface area contributed by atoms with Crippen molar-refractivity contribution >= 4 is 23.0 Å². The highest BCUT2D eigenvalue weighted by Gasteiger charge is 2.25. The van der Waals surface area contributed by atoms with E-state index in [1.54, 1.807) is 42.9 Å². The third-order valence-electron chi connectivity index (χ3n) is 5.67. The van der Waals surface area contributed by atoms with Crippen molar-refractivity contribution in [1.29, 1.82) is 0 Å². The molecule has 9 heteroatoms. The van der Waals surface area contributed by atoms with Crippen LogP contribution >= 0.6 is 0 Å². The van der Waals surface area contributed by atoms with Crippen molar-refractivity contribution < 1.29 is 9.72 Å². The smallest absolute Gasteiger partial charge is 0.295 e. The molecule has 1 saturated heterocycles. The molecule has 3 aromatic rings. The summed E-state index contributed by atoms with van der Waals surface area (Å²) in [6.45, 7) is 3.25. The van der Waals surface area contributed by atoms with E-state index >= 15 is 0 Å². The number of benzene rings is 2. The molecule has 1 aromatic heterocycles. The van der Waals surface area contributed by atoms with Gasteiger partial charge in [-0.1, -0.05) is 18.2 Å². The Hall–Kier alpha value is -3.88. The predicted octanol–water partition coefficient (Wildman–Crippen LogP) is 3.25.